The fourth-order valence-corrected chi connectivity index (χ4v) is 4.31. The summed E-state index contributed by atoms with van der Waals surface area (Å²) in [5, 5.41) is 14.4. The number of nitrogens with zero attached hydrogens (tertiary/aromatic N) is 3. The zero-order chi connectivity index (χ0) is 20.1. The van der Waals surface area contributed by atoms with Crippen LogP contribution in [0.5, 0.6) is 0 Å². The third-order valence-corrected chi connectivity index (χ3v) is 6.22. The first kappa shape index (κ1) is 19.5. The van der Waals surface area contributed by atoms with Gasteiger partial charge in [-0.2, -0.15) is 0 Å². The van der Waals surface area contributed by atoms with E-state index >= 15 is 0 Å². The van der Waals surface area contributed by atoms with Crippen molar-refractivity contribution < 1.29 is 9.21 Å². The molecular formula is C21H20N4O2S2. The number of nitrogens with one attached hydrogen (secondary N) is 1. The lowest BCUT2D eigenvalue weighted by Crippen LogP contribution is -2.24. The molecule has 3 heterocycles. The van der Waals surface area contributed by atoms with Gasteiger partial charge >= 0.3 is 0 Å². The molecule has 0 saturated heterocycles. The van der Waals surface area contributed by atoms with Crippen molar-refractivity contribution in [2.24, 2.45) is 0 Å². The Morgan fingerprint density at radius 1 is 1.17 bits per heavy atom. The molecule has 0 spiro atoms. The Kier molecular flexibility index (Phi) is 6.12. The van der Waals surface area contributed by atoms with Crippen molar-refractivity contribution in [2.75, 3.05) is 5.75 Å². The lowest BCUT2D eigenvalue weighted by Gasteiger charge is -2.10. The van der Waals surface area contributed by atoms with Gasteiger partial charge in [-0.3, -0.25) is 9.36 Å². The first-order chi connectivity index (χ1) is 14.2. The number of thioether (sulfide) groups is 1. The van der Waals surface area contributed by atoms with E-state index in [1.165, 1.54) is 11.8 Å². The number of benzene rings is 1. The monoisotopic (exact) mass is 424 g/mol. The molecule has 0 aliphatic carbocycles. The minimum Gasteiger partial charge on any atom is -0.469 e. The minimum absolute atomic E-state index is 0.0290. The maximum absolute atomic E-state index is 12.3. The van der Waals surface area contributed by atoms with Gasteiger partial charge in [-0.1, -0.05) is 48.2 Å². The van der Waals surface area contributed by atoms with Crippen LogP contribution < -0.4 is 5.32 Å². The maximum Gasteiger partial charge on any atom is 0.230 e. The molecule has 1 amide bonds. The minimum atomic E-state index is -0.0290. The van der Waals surface area contributed by atoms with Crippen molar-refractivity contribution in [3.63, 3.8) is 0 Å². The number of carbonyl (C=O) groups excluding carboxylic acids is 1. The van der Waals surface area contributed by atoms with Gasteiger partial charge in [-0.25, -0.2) is 0 Å². The van der Waals surface area contributed by atoms with E-state index in [2.05, 4.69) is 27.6 Å². The smallest absolute Gasteiger partial charge is 0.230 e. The molecule has 4 rings (SSSR count). The molecule has 0 unspecified atom stereocenters. The molecule has 8 heteroatoms. The first-order valence-corrected chi connectivity index (χ1v) is 11.0. The lowest BCUT2D eigenvalue weighted by atomic mass is 10.2. The molecule has 0 aliphatic rings. The van der Waals surface area contributed by atoms with Crippen LogP contribution in [0.3, 0.4) is 0 Å². The van der Waals surface area contributed by atoms with E-state index in [0.29, 0.717) is 18.2 Å². The third-order valence-electron chi connectivity index (χ3n) is 4.37. The molecule has 0 aliphatic heterocycles. The fourth-order valence-electron chi connectivity index (χ4n) is 2.90. The van der Waals surface area contributed by atoms with Crippen molar-refractivity contribution in [3.05, 3.63) is 76.4 Å². The van der Waals surface area contributed by atoms with Gasteiger partial charge in [0.15, 0.2) is 11.0 Å². The van der Waals surface area contributed by atoms with E-state index in [9.17, 15) is 4.79 Å². The molecule has 1 aromatic carbocycles. The summed E-state index contributed by atoms with van der Waals surface area (Å²) in [6, 6.07) is 16.0. The Balaban J connectivity index is 1.50. The molecule has 0 fully saturated rings. The zero-order valence-electron chi connectivity index (χ0n) is 15.9. The van der Waals surface area contributed by atoms with E-state index in [4.69, 9.17) is 4.42 Å². The molecule has 3 aromatic heterocycles. The summed E-state index contributed by atoms with van der Waals surface area (Å²) in [7, 11) is 0. The second kappa shape index (κ2) is 9.11. The molecular weight excluding hydrogens is 404 g/mol. The molecule has 0 radical (unpaired) electrons. The molecule has 148 valence electrons. The van der Waals surface area contributed by atoms with Crippen molar-refractivity contribution >= 4 is 29.0 Å². The number of hydrogen-bond donors (Lipinski definition) is 1. The number of thiophene rings is 1. The number of furan rings is 1. The van der Waals surface area contributed by atoms with E-state index in [0.717, 1.165) is 27.6 Å². The summed E-state index contributed by atoms with van der Waals surface area (Å²) in [6.45, 7) is 3.07. The van der Waals surface area contributed by atoms with Crippen molar-refractivity contribution in [1.29, 1.82) is 0 Å². The van der Waals surface area contributed by atoms with Crippen LogP contribution in [-0.2, 0) is 17.9 Å². The molecule has 0 bridgehead atoms. The highest BCUT2D eigenvalue weighted by Crippen LogP contribution is 2.28. The number of amides is 1. The Morgan fingerprint density at radius 3 is 2.76 bits per heavy atom. The highest BCUT2D eigenvalue weighted by molar-refractivity contribution is 7.99. The van der Waals surface area contributed by atoms with Crippen LogP contribution in [0.2, 0.25) is 0 Å². The van der Waals surface area contributed by atoms with Crippen LogP contribution in [-0.4, -0.2) is 26.4 Å². The van der Waals surface area contributed by atoms with E-state index in [-0.39, 0.29) is 11.7 Å². The summed E-state index contributed by atoms with van der Waals surface area (Å²) >= 11 is 3.01. The highest BCUT2D eigenvalue weighted by Gasteiger charge is 2.18. The third kappa shape index (κ3) is 4.78. The van der Waals surface area contributed by atoms with Crippen molar-refractivity contribution in [1.82, 2.24) is 20.1 Å². The standard InChI is InChI=1S/C21H20N4O2S2/c1-15-18(9-10-27-15)20-23-24-21(25(20)13-16-6-3-2-4-7-16)29-14-19(26)22-12-17-8-5-11-28-17/h2-11H,12-14H2,1H3,(H,22,26). The molecule has 6 nitrogen and oxygen atoms in total. The number of hydrogen-bond acceptors (Lipinski definition) is 6. The molecule has 29 heavy (non-hydrogen) atoms. The van der Waals surface area contributed by atoms with Crippen molar-refractivity contribution in [2.45, 2.75) is 25.2 Å². The number of carbonyl (C=O) groups is 1. The van der Waals surface area contributed by atoms with Gasteiger partial charge in [-0.05, 0) is 30.0 Å². The van der Waals surface area contributed by atoms with Gasteiger partial charge in [0.25, 0.3) is 0 Å². The van der Waals surface area contributed by atoms with E-state index in [1.54, 1.807) is 17.6 Å². The van der Waals surface area contributed by atoms with Gasteiger partial charge in [0, 0.05) is 4.88 Å². The number of aryl methyl sites for hydroxylation is 1. The van der Waals surface area contributed by atoms with Gasteiger partial charge in [0.2, 0.25) is 5.91 Å². The zero-order valence-corrected chi connectivity index (χ0v) is 17.5. The lowest BCUT2D eigenvalue weighted by molar-refractivity contribution is -0.118. The predicted molar refractivity (Wildman–Crippen MR) is 115 cm³/mol. The quantitative estimate of drug-likeness (QED) is 0.425. The Labute approximate surface area is 177 Å². The fraction of sp³-hybridized carbons (Fsp3) is 0.190. The Hall–Kier alpha value is -2.84. The normalized spacial score (nSPS) is 10.9. The largest absolute Gasteiger partial charge is 0.469 e. The second-order valence-electron chi connectivity index (χ2n) is 6.41. The SMILES string of the molecule is Cc1occc1-c1nnc(SCC(=O)NCc2cccs2)n1Cc1ccccc1. The van der Waals surface area contributed by atoms with Crippen LogP contribution in [0.4, 0.5) is 0 Å². The van der Waals surface area contributed by atoms with Crippen LogP contribution in [0, 0.1) is 6.92 Å². The summed E-state index contributed by atoms with van der Waals surface area (Å²) < 4.78 is 7.48. The summed E-state index contributed by atoms with van der Waals surface area (Å²) in [4.78, 5) is 13.4. The molecule has 1 N–H and O–H groups in total. The Morgan fingerprint density at radius 2 is 2.03 bits per heavy atom. The summed E-state index contributed by atoms with van der Waals surface area (Å²) in [5.41, 5.74) is 2.04. The topological polar surface area (TPSA) is 72.9 Å². The van der Waals surface area contributed by atoms with Crippen LogP contribution in [0.1, 0.15) is 16.2 Å². The van der Waals surface area contributed by atoms with Gasteiger partial charge in [0.1, 0.15) is 5.76 Å². The maximum atomic E-state index is 12.3. The molecule has 0 saturated carbocycles. The molecule has 0 atom stereocenters. The van der Waals surface area contributed by atoms with Gasteiger partial charge < -0.3 is 9.73 Å². The van der Waals surface area contributed by atoms with Crippen LogP contribution in [0.15, 0.2) is 69.7 Å². The van der Waals surface area contributed by atoms with E-state index < -0.39 is 0 Å². The van der Waals surface area contributed by atoms with Crippen molar-refractivity contribution in [3.8, 4) is 11.4 Å². The second-order valence-corrected chi connectivity index (χ2v) is 8.39. The van der Waals surface area contributed by atoms with Crippen LogP contribution >= 0.6 is 23.1 Å². The number of aromatic nitrogens is 3. The van der Waals surface area contributed by atoms with Crippen LogP contribution in [0.25, 0.3) is 11.4 Å². The molecule has 4 aromatic rings. The highest BCUT2D eigenvalue weighted by atomic mass is 32.2. The average molecular weight is 425 g/mol. The first-order valence-electron chi connectivity index (χ1n) is 9.14. The summed E-state index contributed by atoms with van der Waals surface area (Å²) in [6.07, 6.45) is 1.65. The number of rotatable bonds is 8. The Bertz CT molecular complexity index is 1070. The summed E-state index contributed by atoms with van der Waals surface area (Å²) in [5.74, 6) is 1.78. The predicted octanol–water partition coefficient (Wildman–Crippen LogP) is 4.36. The average Bonchev–Trinajstić information content (AvgIpc) is 3.47. The van der Waals surface area contributed by atoms with Gasteiger partial charge in [0.05, 0.1) is 30.7 Å². The van der Waals surface area contributed by atoms with E-state index in [1.807, 2.05) is 53.3 Å². The van der Waals surface area contributed by atoms with Gasteiger partial charge in [-0.15, -0.1) is 21.5 Å².